The normalized spacial score (nSPS) is 52.9. The fourth-order valence-electron chi connectivity index (χ4n) is 1.60. The highest BCUT2D eigenvalue weighted by Crippen LogP contribution is 2.52. The molecule has 1 aliphatic carbocycles. The number of fused-ring (bicyclic) bond motifs is 1. The third-order valence-corrected chi connectivity index (χ3v) is 3.74. The molecule has 0 nitrogen and oxygen atoms in total. The molecule has 2 aliphatic rings. The molecular formula is C7H12S. The van der Waals surface area contributed by atoms with Crippen LogP contribution in [0.25, 0.3) is 0 Å². The van der Waals surface area contributed by atoms with E-state index >= 15 is 0 Å². The van der Waals surface area contributed by atoms with Gasteiger partial charge in [0, 0.05) is 10.5 Å². The SMILES string of the molecule is CC1CCC2SC2C1. The predicted octanol–water partition coefficient (Wildman–Crippen LogP) is 2.29. The summed E-state index contributed by atoms with van der Waals surface area (Å²) in [6, 6.07) is 0. The molecule has 0 aromatic rings. The lowest BCUT2D eigenvalue weighted by molar-refractivity contribution is 0.429. The second-order valence-corrected chi connectivity index (χ2v) is 4.61. The van der Waals surface area contributed by atoms with Gasteiger partial charge in [-0.25, -0.2) is 0 Å². The monoisotopic (exact) mass is 128 g/mol. The van der Waals surface area contributed by atoms with Crippen molar-refractivity contribution < 1.29 is 0 Å². The van der Waals surface area contributed by atoms with Gasteiger partial charge in [-0.2, -0.15) is 11.8 Å². The molecule has 0 amide bonds. The molecule has 0 aromatic carbocycles. The second kappa shape index (κ2) is 1.66. The summed E-state index contributed by atoms with van der Waals surface area (Å²) in [5.41, 5.74) is 0. The Hall–Kier alpha value is 0.350. The van der Waals surface area contributed by atoms with E-state index in [9.17, 15) is 0 Å². The quantitative estimate of drug-likeness (QED) is 0.451. The Bertz CT molecular complexity index is 101. The van der Waals surface area contributed by atoms with Crippen LogP contribution in [-0.2, 0) is 0 Å². The summed E-state index contributed by atoms with van der Waals surface area (Å²) in [6.07, 6.45) is 4.51. The minimum atomic E-state index is 1.03. The molecule has 0 N–H and O–H groups in total. The Balaban J connectivity index is 1.93. The molecule has 3 unspecified atom stereocenters. The van der Waals surface area contributed by atoms with Gasteiger partial charge in [-0.3, -0.25) is 0 Å². The minimum absolute atomic E-state index is 1.03. The maximum Gasteiger partial charge on any atom is 0.0172 e. The molecule has 0 aromatic heterocycles. The number of rotatable bonds is 0. The molecule has 46 valence electrons. The third-order valence-electron chi connectivity index (χ3n) is 2.27. The fraction of sp³-hybridized carbons (Fsp3) is 1.00. The van der Waals surface area contributed by atoms with Gasteiger partial charge in [-0.15, -0.1) is 0 Å². The second-order valence-electron chi connectivity index (χ2n) is 3.13. The van der Waals surface area contributed by atoms with Gasteiger partial charge in [0.05, 0.1) is 0 Å². The first-order valence-electron chi connectivity index (χ1n) is 3.52. The van der Waals surface area contributed by atoms with Gasteiger partial charge in [0.2, 0.25) is 0 Å². The molecule has 2 rings (SSSR count). The number of hydrogen-bond acceptors (Lipinski definition) is 1. The number of hydrogen-bond donors (Lipinski definition) is 0. The lowest BCUT2D eigenvalue weighted by Gasteiger charge is -2.13. The summed E-state index contributed by atoms with van der Waals surface area (Å²) < 4.78 is 0. The van der Waals surface area contributed by atoms with Gasteiger partial charge >= 0.3 is 0 Å². The topological polar surface area (TPSA) is 0 Å². The van der Waals surface area contributed by atoms with E-state index < -0.39 is 0 Å². The molecule has 2 fully saturated rings. The van der Waals surface area contributed by atoms with Crippen molar-refractivity contribution in [3.8, 4) is 0 Å². The standard InChI is InChI=1S/C7H12S/c1-5-2-3-6-7(4-5)8-6/h5-7H,2-4H2,1H3. The Morgan fingerprint density at radius 2 is 2.12 bits per heavy atom. The van der Waals surface area contributed by atoms with Crippen LogP contribution in [0, 0.1) is 5.92 Å². The van der Waals surface area contributed by atoms with Gasteiger partial charge in [0.15, 0.2) is 0 Å². The van der Waals surface area contributed by atoms with Gasteiger partial charge in [0.25, 0.3) is 0 Å². The van der Waals surface area contributed by atoms with E-state index in [1.165, 1.54) is 19.3 Å². The van der Waals surface area contributed by atoms with Crippen LogP contribution in [0.5, 0.6) is 0 Å². The summed E-state index contributed by atoms with van der Waals surface area (Å²) >= 11 is 2.20. The third kappa shape index (κ3) is 0.771. The van der Waals surface area contributed by atoms with Crippen LogP contribution < -0.4 is 0 Å². The molecule has 1 aliphatic heterocycles. The van der Waals surface area contributed by atoms with Crippen molar-refractivity contribution in [2.45, 2.75) is 36.7 Å². The summed E-state index contributed by atoms with van der Waals surface area (Å²) in [5, 5.41) is 2.20. The van der Waals surface area contributed by atoms with Crippen LogP contribution in [0.1, 0.15) is 26.2 Å². The van der Waals surface area contributed by atoms with Crippen molar-refractivity contribution in [1.29, 1.82) is 0 Å². The van der Waals surface area contributed by atoms with E-state index in [4.69, 9.17) is 0 Å². The van der Waals surface area contributed by atoms with Crippen LogP contribution in [0.4, 0.5) is 0 Å². The minimum Gasteiger partial charge on any atom is -0.153 e. The maximum absolute atomic E-state index is 2.38. The number of thioether (sulfide) groups is 1. The molecule has 1 heteroatoms. The molecule has 0 spiro atoms. The van der Waals surface area contributed by atoms with Crippen LogP contribution in [0.3, 0.4) is 0 Å². The molecule has 0 bridgehead atoms. The zero-order chi connectivity index (χ0) is 5.56. The summed E-state index contributed by atoms with van der Waals surface area (Å²) in [7, 11) is 0. The molecule has 3 atom stereocenters. The van der Waals surface area contributed by atoms with Crippen LogP contribution in [-0.4, -0.2) is 10.5 Å². The lowest BCUT2D eigenvalue weighted by atomic mass is 9.91. The Morgan fingerprint density at radius 1 is 1.25 bits per heavy atom. The average molecular weight is 128 g/mol. The highest BCUT2D eigenvalue weighted by molar-refractivity contribution is 8.07. The van der Waals surface area contributed by atoms with E-state index in [1.54, 1.807) is 0 Å². The molecule has 8 heavy (non-hydrogen) atoms. The highest BCUT2D eigenvalue weighted by Gasteiger charge is 2.41. The Labute approximate surface area is 55.0 Å². The fourth-order valence-corrected chi connectivity index (χ4v) is 2.92. The first-order chi connectivity index (χ1) is 3.86. The first-order valence-corrected chi connectivity index (χ1v) is 4.46. The average Bonchev–Trinajstić information content (AvgIpc) is 2.43. The van der Waals surface area contributed by atoms with Crippen molar-refractivity contribution >= 4 is 11.8 Å². The van der Waals surface area contributed by atoms with Crippen molar-refractivity contribution in [1.82, 2.24) is 0 Å². The molecule has 0 radical (unpaired) electrons. The van der Waals surface area contributed by atoms with E-state index in [2.05, 4.69) is 18.7 Å². The van der Waals surface area contributed by atoms with E-state index in [0.717, 1.165) is 16.4 Å². The van der Waals surface area contributed by atoms with Gasteiger partial charge in [-0.1, -0.05) is 6.92 Å². The van der Waals surface area contributed by atoms with Crippen LogP contribution in [0.2, 0.25) is 0 Å². The Morgan fingerprint density at radius 3 is 2.75 bits per heavy atom. The predicted molar refractivity (Wildman–Crippen MR) is 38.2 cm³/mol. The molecule has 1 saturated carbocycles. The summed E-state index contributed by atoms with van der Waals surface area (Å²) in [5.74, 6) is 1.03. The van der Waals surface area contributed by atoms with E-state index in [-0.39, 0.29) is 0 Å². The zero-order valence-corrected chi connectivity index (χ0v) is 6.08. The van der Waals surface area contributed by atoms with Gasteiger partial charge in [-0.05, 0) is 25.2 Å². The summed E-state index contributed by atoms with van der Waals surface area (Å²) in [6.45, 7) is 2.38. The lowest BCUT2D eigenvalue weighted by Crippen LogP contribution is -2.09. The van der Waals surface area contributed by atoms with Gasteiger partial charge in [0.1, 0.15) is 0 Å². The van der Waals surface area contributed by atoms with Crippen molar-refractivity contribution in [3.05, 3.63) is 0 Å². The van der Waals surface area contributed by atoms with Gasteiger partial charge < -0.3 is 0 Å². The smallest absolute Gasteiger partial charge is 0.0172 e. The molecular weight excluding hydrogens is 116 g/mol. The van der Waals surface area contributed by atoms with Crippen LogP contribution in [0.15, 0.2) is 0 Å². The maximum atomic E-state index is 2.38. The van der Waals surface area contributed by atoms with E-state index in [0.29, 0.717) is 0 Å². The first kappa shape index (κ1) is 5.16. The highest BCUT2D eigenvalue weighted by atomic mass is 32.2. The van der Waals surface area contributed by atoms with Crippen molar-refractivity contribution in [2.24, 2.45) is 5.92 Å². The summed E-state index contributed by atoms with van der Waals surface area (Å²) in [4.78, 5) is 0. The largest absolute Gasteiger partial charge is 0.153 e. The zero-order valence-electron chi connectivity index (χ0n) is 5.26. The van der Waals surface area contributed by atoms with Crippen molar-refractivity contribution in [2.75, 3.05) is 0 Å². The van der Waals surface area contributed by atoms with Crippen LogP contribution >= 0.6 is 11.8 Å². The molecule has 1 heterocycles. The molecule has 1 saturated heterocycles. The van der Waals surface area contributed by atoms with E-state index in [1.807, 2.05) is 0 Å². The Kier molecular flexibility index (Phi) is 1.07. The van der Waals surface area contributed by atoms with Crippen molar-refractivity contribution in [3.63, 3.8) is 0 Å².